The Morgan fingerprint density at radius 2 is 1.19 bits per heavy atom. The summed E-state index contributed by atoms with van der Waals surface area (Å²) in [6, 6.07) is 0.671. The lowest BCUT2D eigenvalue weighted by molar-refractivity contribution is 0.230. The maximum atomic E-state index is 8.12. The topological polar surface area (TPSA) is 132 Å². The SMILES string of the molecule is C=C(CCNCC(CC/C=C/CCC(C)=N)(CNCCC(C)=N)CNCCC(=N)NC(C)C)NC(C)C. The van der Waals surface area contributed by atoms with E-state index in [-0.39, 0.29) is 11.5 Å². The summed E-state index contributed by atoms with van der Waals surface area (Å²) in [7, 11) is 0. The minimum Gasteiger partial charge on any atom is -0.387 e. The van der Waals surface area contributed by atoms with Crippen LogP contribution >= 0.6 is 0 Å². The predicted octanol–water partition coefficient (Wildman–Crippen LogP) is 4.59. The van der Waals surface area contributed by atoms with E-state index in [4.69, 9.17) is 16.2 Å². The van der Waals surface area contributed by atoms with Crippen LogP contribution in [0.4, 0.5) is 0 Å². The second-order valence-corrected chi connectivity index (χ2v) is 11.1. The molecule has 0 aliphatic heterocycles. The van der Waals surface area contributed by atoms with Crippen molar-refractivity contribution < 1.29 is 0 Å². The highest BCUT2D eigenvalue weighted by atomic mass is 15.0. The molecule has 0 aliphatic rings. The van der Waals surface area contributed by atoms with E-state index in [0.717, 1.165) is 89.2 Å². The van der Waals surface area contributed by atoms with Crippen molar-refractivity contribution in [2.24, 2.45) is 5.41 Å². The van der Waals surface area contributed by atoms with Gasteiger partial charge in [0.1, 0.15) is 0 Å². The van der Waals surface area contributed by atoms with Gasteiger partial charge in [-0.25, -0.2) is 0 Å². The number of nitrogens with one attached hydrogen (secondary N) is 8. The van der Waals surface area contributed by atoms with Gasteiger partial charge in [0.2, 0.25) is 0 Å². The minimum absolute atomic E-state index is 0.00177. The van der Waals surface area contributed by atoms with E-state index < -0.39 is 0 Å². The Bertz CT molecular complexity index is 666. The maximum Gasteiger partial charge on any atom is 0.0946 e. The van der Waals surface area contributed by atoms with Crippen LogP contribution in [-0.2, 0) is 0 Å². The first-order valence-electron chi connectivity index (χ1n) is 14.1. The molecule has 0 aliphatic carbocycles. The Labute approximate surface area is 227 Å². The van der Waals surface area contributed by atoms with Gasteiger partial charge in [-0.2, -0.15) is 0 Å². The van der Waals surface area contributed by atoms with Crippen molar-refractivity contribution in [1.82, 2.24) is 26.6 Å². The molecule has 0 amide bonds. The van der Waals surface area contributed by atoms with E-state index in [0.29, 0.717) is 24.0 Å². The lowest BCUT2D eigenvalue weighted by Gasteiger charge is -2.35. The molecule has 0 aromatic heterocycles. The Morgan fingerprint density at radius 3 is 1.70 bits per heavy atom. The molecule has 0 rings (SSSR count). The van der Waals surface area contributed by atoms with Crippen LogP contribution in [0.3, 0.4) is 0 Å². The van der Waals surface area contributed by atoms with Crippen LogP contribution < -0.4 is 26.6 Å². The third-order valence-electron chi connectivity index (χ3n) is 5.98. The van der Waals surface area contributed by atoms with Crippen molar-refractivity contribution in [2.75, 3.05) is 39.3 Å². The molecule has 0 fully saturated rings. The molecule has 37 heavy (non-hydrogen) atoms. The van der Waals surface area contributed by atoms with Gasteiger partial charge in [0.15, 0.2) is 0 Å². The van der Waals surface area contributed by atoms with Crippen LogP contribution in [0.15, 0.2) is 24.4 Å². The summed E-state index contributed by atoms with van der Waals surface area (Å²) >= 11 is 0. The summed E-state index contributed by atoms with van der Waals surface area (Å²) in [6.07, 6.45) is 10.6. The third kappa shape index (κ3) is 21.7. The van der Waals surface area contributed by atoms with Crippen LogP contribution in [0.5, 0.6) is 0 Å². The van der Waals surface area contributed by atoms with E-state index in [9.17, 15) is 0 Å². The van der Waals surface area contributed by atoms with Gasteiger partial charge in [-0.3, -0.25) is 5.41 Å². The van der Waals surface area contributed by atoms with Crippen molar-refractivity contribution in [3.8, 4) is 0 Å². The molecule has 0 aromatic rings. The zero-order chi connectivity index (χ0) is 28.1. The molecule has 0 aromatic carbocycles. The molecule has 0 bridgehead atoms. The van der Waals surface area contributed by atoms with Gasteiger partial charge in [0.05, 0.1) is 5.84 Å². The van der Waals surface area contributed by atoms with Crippen molar-refractivity contribution >= 4 is 17.3 Å². The average Bonchev–Trinajstić information content (AvgIpc) is 2.78. The van der Waals surface area contributed by atoms with Gasteiger partial charge in [-0.1, -0.05) is 18.7 Å². The Balaban J connectivity index is 5.21. The number of rotatable bonds is 24. The molecular weight excluding hydrogens is 460 g/mol. The highest BCUT2D eigenvalue weighted by molar-refractivity contribution is 5.79. The molecule has 8 nitrogen and oxygen atoms in total. The first-order chi connectivity index (χ1) is 17.5. The first kappa shape index (κ1) is 35.0. The Hall–Kier alpha value is -2.03. The maximum absolute atomic E-state index is 8.12. The van der Waals surface area contributed by atoms with E-state index in [1.165, 1.54) is 0 Å². The number of hydrogen-bond donors (Lipinski definition) is 8. The van der Waals surface area contributed by atoms with Crippen molar-refractivity contribution in [3.05, 3.63) is 24.4 Å². The summed E-state index contributed by atoms with van der Waals surface area (Å²) in [6.45, 7) is 21.3. The predicted molar refractivity (Wildman–Crippen MR) is 163 cm³/mol. The van der Waals surface area contributed by atoms with Gasteiger partial charge < -0.3 is 37.4 Å². The molecule has 0 saturated carbocycles. The van der Waals surface area contributed by atoms with Crippen molar-refractivity contribution in [3.63, 3.8) is 0 Å². The molecule has 0 radical (unpaired) electrons. The summed E-state index contributed by atoms with van der Waals surface area (Å²) in [5.74, 6) is 0.575. The van der Waals surface area contributed by atoms with Gasteiger partial charge >= 0.3 is 0 Å². The normalized spacial score (nSPS) is 13.2. The summed E-state index contributed by atoms with van der Waals surface area (Å²) in [4.78, 5) is 0. The molecule has 1 unspecified atom stereocenters. The Morgan fingerprint density at radius 1 is 0.703 bits per heavy atom. The summed E-state index contributed by atoms with van der Waals surface area (Å²) in [5.41, 5.74) is 2.49. The van der Waals surface area contributed by atoms with Gasteiger partial charge in [-0.15, -0.1) is 0 Å². The molecule has 214 valence electrons. The summed E-state index contributed by atoms with van der Waals surface area (Å²) < 4.78 is 0. The van der Waals surface area contributed by atoms with Crippen LogP contribution in [0.2, 0.25) is 0 Å². The van der Waals surface area contributed by atoms with Crippen LogP contribution in [0.25, 0.3) is 0 Å². The fourth-order valence-corrected chi connectivity index (χ4v) is 4.07. The zero-order valence-corrected chi connectivity index (χ0v) is 24.7. The first-order valence-corrected chi connectivity index (χ1v) is 14.1. The third-order valence-corrected chi connectivity index (χ3v) is 5.98. The van der Waals surface area contributed by atoms with Gasteiger partial charge in [0.25, 0.3) is 0 Å². The van der Waals surface area contributed by atoms with E-state index in [1.807, 2.05) is 13.8 Å². The zero-order valence-electron chi connectivity index (χ0n) is 24.7. The highest BCUT2D eigenvalue weighted by Crippen LogP contribution is 2.23. The van der Waals surface area contributed by atoms with Crippen molar-refractivity contribution in [2.45, 2.75) is 98.6 Å². The highest BCUT2D eigenvalue weighted by Gasteiger charge is 2.28. The van der Waals surface area contributed by atoms with Crippen LogP contribution in [0.1, 0.15) is 86.5 Å². The lowest BCUT2D eigenvalue weighted by atomic mass is 9.82. The average molecular weight is 519 g/mol. The molecular formula is C29H58N8. The fourth-order valence-electron chi connectivity index (χ4n) is 4.07. The second kappa shape index (κ2) is 21.0. The standard InChI is InChI=1S/C29H58N8/c1-23(2)36-27(7)14-18-34-21-29(20-33-17-13-26(6)31,16-11-9-8-10-12-25(5)30)22-35-19-15-28(32)37-24(3)4/h8-9,23-24,30-31,33-36H,7,10-22H2,1-6H3,(H2,32,37)/b9-8+,30-25?,31-26?. The molecule has 0 saturated heterocycles. The molecule has 0 heterocycles. The molecule has 8 heteroatoms. The van der Waals surface area contributed by atoms with Crippen molar-refractivity contribution in [1.29, 1.82) is 16.2 Å². The quantitative estimate of drug-likeness (QED) is 0.0410. The molecule has 8 N–H and O–H groups in total. The van der Waals surface area contributed by atoms with Crippen LogP contribution in [-0.4, -0.2) is 68.6 Å². The molecule has 0 spiro atoms. The monoisotopic (exact) mass is 518 g/mol. The number of amidine groups is 1. The van der Waals surface area contributed by atoms with Gasteiger partial charge in [0, 0.05) is 80.3 Å². The van der Waals surface area contributed by atoms with E-state index in [2.05, 4.69) is 73.0 Å². The largest absolute Gasteiger partial charge is 0.387 e. The number of allylic oxidation sites excluding steroid dienone is 2. The second-order valence-electron chi connectivity index (χ2n) is 11.1. The summed E-state index contributed by atoms with van der Waals surface area (Å²) in [5, 5.41) is 41.0. The Kier molecular flexibility index (Phi) is 19.8. The smallest absolute Gasteiger partial charge is 0.0946 e. The van der Waals surface area contributed by atoms with E-state index >= 15 is 0 Å². The van der Waals surface area contributed by atoms with E-state index in [1.54, 1.807) is 0 Å². The van der Waals surface area contributed by atoms with Crippen LogP contribution in [0, 0.1) is 21.6 Å². The molecule has 1 atom stereocenters. The lowest BCUT2D eigenvalue weighted by Crippen LogP contribution is -2.49. The van der Waals surface area contributed by atoms with Gasteiger partial charge in [-0.05, 0) is 80.1 Å². The minimum atomic E-state index is -0.00177. The number of hydrogen-bond acceptors (Lipinski definition) is 7. The fraction of sp³-hybridized carbons (Fsp3) is 0.759.